The van der Waals surface area contributed by atoms with Gasteiger partial charge >= 0.3 is 0 Å². The van der Waals surface area contributed by atoms with Crippen molar-refractivity contribution >= 4 is 0 Å². The third kappa shape index (κ3) is 3.48. The monoisotopic (exact) mass is 211 g/mol. The Labute approximate surface area is 95.8 Å². The minimum atomic E-state index is 0.444. The summed E-state index contributed by atoms with van der Waals surface area (Å²) in [6.07, 6.45) is 6.67. The zero-order valence-electron chi connectivity index (χ0n) is 11.0. The molecule has 5 atom stereocenters. The lowest BCUT2D eigenvalue weighted by Crippen LogP contribution is -2.39. The maximum absolute atomic E-state index is 6.39. The van der Waals surface area contributed by atoms with Gasteiger partial charge in [0.1, 0.15) is 0 Å². The quantitative estimate of drug-likeness (QED) is 0.751. The second-order valence-corrected chi connectivity index (χ2v) is 5.87. The predicted molar refractivity (Wildman–Crippen MR) is 67.7 cm³/mol. The first-order valence-electron chi connectivity index (χ1n) is 6.81. The van der Waals surface area contributed by atoms with Gasteiger partial charge in [0.25, 0.3) is 0 Å². The van der Waals surface area contributed by atoms with Crippen LogP contribution in [0.15, 0.2) is 0 Å². The molecular formula is C14H29N. The van der Waals surface area contributed by atoms with Gasteiger partial charge in [0, 0.05) is 6.04 Å². The molecule has 1 fully saturated rings. The van der Waals surface area contributed by atoms with Crippen molar-refractivity contribution in [2.75, 3.05) is 0 Å². The lowest BCUT2D eigenvalue weighted by atomic mass is 9.71. The number of hydrogen-bond acceptors (Lipinski definition) is 1. The first-order chi connectivity index (χ1) is 7.06. The van der Waals surface area contributed by atoms with Crippen molar-refractivity contribution in [2.24, 2.45) is 29.4 Å². The van der Waals surface area contributed by atoms with Gasteiger partial charge in [-0.05, 0) is 42.9 Å². The first-order valence-corrected chi connectivity index (χ1v) is 6.81. The van der Waals surface area contributed by atoms with Crippen LogP contribution in [0.2, 0.25) is 0 Å². The van der Waals surface area contributed by atoms with Crippen molar-refractivity contribution in [3.63, 3.8) is 0 Å². The average Bonchev–Trinajstić information content (AvgIpc) is 2.21. The van der Waals surface area contributed by atoms with E-state index in [2.05, 4.69) is 27.7 Å². The van der Waals surface area contributed by atoms with Crippen molar-refractivity contribution in [3.8, 4) is 0 Å². The summed E-state index contributed by atoms with van der Waals surface area (Å²) in [4.78, 5) is 0. The minimum absolute atomic E-state index is 0.444. The van der Waals surface area contributed by atoms with Gasteiger partial charge in [-0.15, -0.1) is 0 Å². The van der Waals surface area contributed by atoms with E-state index in [1.807, 2.05) is 0 Å². The topological polar surface area (TPSA) is 26.0 Å². The molecule has 0 radical (unpaired) electrons. The largest absolute Gasteiger partial charge is 0.327 e. The van der Waals surface area contributed by atoms with Gasteiger partial charge in [-0.3, -0.25) is 0 Å². The SMILES string of the molecule is CCCC(C)C(N)C1CCC(C)C(C)C1. The van der Waals surface area contributed by atoms with Crippen molar-refractivity contribution in [3.05, 3.63) is 0 Å². The van der Waals surface area contributed by atoms with E-state index >= 15 is 0 Å². The fourth-order valence-corrected chi connectivity index (χ4v) is 3.05. The third-order valence-corrected chi connectivity index (χ3v) is 4.58. The summed E-state index contributed by atoms with van der Waals surface area (Å²) in [6, 6.07) is 0.444. The molecule has 90 valence electrons. The molecule has 0 aromatic carbocycles. The van der Waals surface area contributed by atoms with Crippen molar-refractivity contribution in [1.82, 2.24) is 0 Å². The second kappa shape index (κ2) is 5.89. The van der Waals surface area contributed by atoms with Crippen molar-refractivity contribution < 1.29 is 0 Å². The Morgan fingerprint density at radius 1 is 1.20 bits per heavy atom. The Balaban J connectivity index is 2.43. The highest BCUT2D eigenvalue weighted by Crippen LogP contribution is 2.36. The molecule has 15 heavy (non-hydrogen) atoms. The Morgan fingerprint density at radius 3 is 2.40 bits per heavy atom. The fourth-order valence-electron chi connectivity index (χ4n) is 3.05. The zero-order chi connectivity index (χ0) is 11.4. The molecule has 0 bridgehead atoms. The van der Waals surface area contributed by atoms with E-state index in [1.54, 1.807) is 0 Å². The average molecular weight is 211 g/mol. The number of hydrogen-bond donors (Lipinski definition) is 1. The molecule has 0 spiro atoms. The van der Waals surface area contributed by atoms with Gasteiger partial charge < -0.3 is 5.73 Å². The van der Waals surface area contributed by atoms with Gasteiger partial charge in [-0.1, -0.05) is 40.5 Å². The predicted octanol–water partition coefficient (Wildman–Crippen LogP) is 3.82. The molecule has 0 aromatic rings. The van der Waals surface area contributed by atoms with Crippen LogP contribution in [0.4, 0.5) is 0 Å². The van der Waals surface area contributed by atoms with Crippen LogP contribution in [0.1, 0.15) is 59.8 Å². The zero-order valence-corrected chi connectivity index (χ0v) is 11.0. The summed E-state index contributed by atoms with van der Waals surface area (Å²) in [5.74, 6) is 3.29. The molecule has 5 unspecified atom stereocenters. The van der Waals surface area contributed by atoms with Crippen molar-refractivity contribution in [2.45, 2.75) is 65.8 Å². The highest BCUT2D eigenvalue weighted by atomic mass is 14.7. The summed E-state index contributed by atoms with van der Waals surface area (Å²) in [5.41, 5.74) is 6.39. The minimum Gasteiger partial charge on any atom is -0.327 e. The summed E-state index contributed by atoms with van der Waals surface area (Å²) < 4.78 is 0. The van der Waals surface area contributed by atoms with Crippen LogP contribution in [0.3, 0.4) is 0 Å². The summed E-state index contributed by atoms with van der Waals surface area (Å²) >= 11 is 0. The molecule has 0 amide bonds. The van der Waals surface area contributed by atoms with Gasteiger partial charge in [-0.25, -0.2) is 0 Å². The Morgan fingerprint density at radius 2 is 1.87 bits per heavy atom. The van der Waals surface area contributed by atoms with E-state index in [4.69, 9.17) is 5.73 Å². The lowest BCUT2D eigenvalue weighted by Gasteiger charge is -2.37. The standard InChI is InChI=1S/C14H29N/c1-5-6-11(3)14(15)13-8-7-10(2)12(4)9-13/h10-14H,5-9,15H2,1-4H3. The summed E-state index contributed by atoms with van der Waals surface area (Å²) in [5, 5.41) is 0. The molecule has 1 nitrogen and oxygen atoms in total. The molecule has 1 saturated carbocycles. The fraction of sp³-hybridized carbons (Fsp3) is 1.00. The highest BCUT2D eigenvalue weighted by molar-refractivity contribution is 4.84. The molecule has 1 rings (SSSR count). The third-order valence-electron chi connectivity index (χ3n) is 4.58. The van der Waals surface area contributed by atoms with Crippen LogP contribution < -0.4 is 5.73 Å². The molecule has 0 aliphatic heterocycles. The first kappa shape index (κ1) is 13.0. The van der Waals surface area contributed by atoms with Crippen LogP contribution in [0.5, 0.6) is 0 Å². The smallest absolute Gasteiger partial charge is 0.00930 e. The molecule has 1 aliphatic rings. The van der Waals surface area contributed by atoms with Crippen molar-refractivity contribution in [1.29, 1.82) is 0 Å². The second-order valence-electron chi connectivity index (χ2n) is 5.87. The van der Waals surface area contributed by atoms with E-state index in [1.165, 1.54) is 32.1 Å². The molecule has 0 saturated heterocycles. The van der Waals surface area contributed by atoms with Crippen LogP contribution in [-0.4, -0.2) is 6.04 Å². The van der Waals surface area contributed by atoms with E-state index < -0.39 is 0 Å². The van der Waals surface area contributed by atoms with Gasteiger partial charge in [0.15, 0.2) is 0 Å². The van der Waals surface area contributed by atoms with E-state index in [-0.39, 0.29) is 0 Å². The molecule has 1 heteroatoms. The summed E-state index contributed by atoms with van der Waals surface area (Å²) in [6.45, 7) is 9.38. The Kier molecular flexibility index (Phi) is 5.11. The normalized spacial score (nSPS) is 36.2. The van der Waals surface area contributed by atoms with E-state index in [0.717, 1.165) is 17.8 Å². The van der Waals surface area contributed by atoms with Crippen LogP contribution in [-0.2, 0) is 0 Å². The maximum atomic E-state index is 6.39. The van der Waals surface area contributed by atoms with Crippen LogP contribution >= 0.6 is 0 Å². The van der Waals surface area contributed by atoms with Crippen LogP contribution in [0, 0.1) is 23.7 Å². The summed E-state index contributed by atoms with van der Waals surface area (Å²) in [7, 11) is 0. The molecule has 1 aliphatic carbocycles. The van der Waals surface area contributed by atoms with E-state index in [0.29, 0.717) is 12.0 Å². The Bertz CT molecular complexity index is 178. The maximum Gasteiger partial charge on any atom is 0.00930 e. The molecule has 0 aromatic heterocycles. The molecule has 2 N–H and O–H groups in total. The molecular weight excluding hydrogens is 182 g/mol. The molecule has 0 heterocycles. The Hall–Kier alpha value is -0.0400. The van der Waals surface area contributed by atoms with Gasteiger partial charge in [0.05, 0.1) is 0 Å². The number of nitrogens with two attached hydrogens (primary N) is 1. The van der Waals surface area contributed by atoms with Crippen LogP contribution in [0.25, 0.3) is 0 Å². The van der Waals surface area contributed by atoms with Gasteiger partial charge in [-0.2, -0.15) is 0 Å². The highest BCUT2D eigenvalue weighted by Gasteiger charge is 2.30. The lowest BCUT2D eigenvalue weighted by molar-refractivity contribution is 0.161. The van der Waals surface area contributed by atoms with Gasteiger partial charge in [0.2, 0.25) is 0 Å². The van der Waals surface area contributed by atoms with E-state index in [9.17, 15) is 0 Å². The number of rotatable bonds is 4.